The van der Waals surface area contributed by atoms with Crippen molar-refractivity contribution < 1.29 is 4.79 Å². The highest BCUT2D eigenvalue weighted by molar-refractivity contribution is 9.10. The van der Waals surface area contributed by atoms with Crippen LogP contribution in [-0.2, 0) is 17.8 Å². The molecule has 3 aromatic rings. The van der Waals surface area contributed by atoms with E-state index in [2.05, 4.69) is 61.0 Å². The Morgan fingerprint density at radius 2 is 2.17 bits per heavy atom. The molecule has 2 heterocycles. The van der Waals surface area contributed by atoms with E-state index in [4.69, 9.17) is 0 Å². The van der Waals surface area contributed by atoms with Gasteiger partial charge in [0.15, 0.2) is 0 Å². The monoisotopic (exact) mass is 464 g/mol. The second-order valence-corrected chi connectivity index (χ2v) is 9.18. The molecule has 154 valence electrons. The molecule has 6 heteroatoms. The molecule has 0 saturated heterocycles. The molecular formula is C24H25BrN4O. The maximum Gasteiger partial charge on any atom is 0.254 e. The lowest BCUT2D eigenvalue weighted by atomic mass is 9.89. The Balaban J connectivity index is 1.33. The molecule has 0 saturated carbocycles. The molecule has 5 nitrogen and oxygen atoms in total. The van der Waals surface area contributed by atoms with Gasteiger partial charge in [-0.2, -0.15) is 5.10 Å². The fourth-order valence-corrected chi connectivity index (χ4v) is 5.38. The first-order chi connectivity index (χ1) is 14.6. The van der Waals surface area contributed by atoms with Crippen LogP contribution in [0.3, 0.4) is 0 Å². The molecule has 1 aliphatic heterocycles. The number of carbonyl (C=O) groups is 1. The van der Waals surface area contributed by atoms with Crippen LogP contribution in [0.4, 0.5) is 0 Å². The number of aryl methyl sites for hydroxylation is 2. The van der Waals surface area contributed by atoms with Crippen molar-refractivity contribution in [2.45, 2.75) is 38.8 Å². The van der Waals surface area contributed by atoms with Crippen LogP contribution in [0.15, 0.2) is 52.0 Å². The first-order valence-corrected chi connectivity index (χ1v) is 11.3. The van der Waals surface area contributed by atoms with E-state index >= 15 is 0 Å². The number of hydrazone groups is 1. The van der Waals surface area contributed by atoms with Crippen molar-refractivity contribution in [3.63, 3.8) is 0 Å². The molecule has 1 aromatic heterocycles. The summed E-state index contributed by atoms with van der Waals surface area (Å²) in [6, 6.07) is 14.9. The van der Waals surface area contributed by atoms with Crippen LogP contribution in [0, 0.1) is 6.92 Å². The standard InChI is InChI=1S/C24H25BrN4O/c1-16-8-9-21-20(12-16)19-6-3-7-22-24(19)29(21)11-10-28(22)15-23(30)27-26-14-17-4-2-5-18(25)13-17/h2,4-5,8-9,12-14,22H,3,6-7,10-11,15H2,1H3,(H,27,30)/b26-14-. The summed E-state index contributed by atoms with van der Waals surface area (Å²) >= 11 is 3.45. The zero-order valence-corrected chi connectivity index (χ0v) is 18.7. The first kappa shape index (κ1) is 19.5. The van der Waals surface area contributed by atoms with E-state index in [0.717, 1.165) is 36.0 Å². The normalized spacial score (nSPS) is 18.7. The summed E-state index contributed by atoms with van der Waals surface area (Å²) in [7, 11) is 0. The van der Waals surface area contributed by atoms with E-state index in [1.807, 2.05) is 24.3 Å². The van der Waals surface area contributed by atoms with Gasteiger partial charge in [0.05, 0.1) is 18.8 Å². The number of hydrogen-bond donors (Lipinski definition) is 1. The van der Waals surface area contributed by atoms with Crippen molar-refractivity contribution in [1.82, 2.24) is 14.9 Å². The van der Waals surface area contributed by atoms with Crippen molar-refractivity contribution >= 4 is 39.0 Å². The van der Waals surface area contributed by atoms with Crippen LogP contribution < -0.4 is 5.43 Å². The number of aromatic nitrogens is 1. The zero-order chi connectivity index (χ0) is 20.7. The maximum atomic E-state index is 12.6. The number of hydrogen-bond acceptors (Lipinski definition) is 3. The van der Waals surface area contributed by atoms with Crippen LogP contribution >= 0.6 is 15.9 Å². The van der Waals surface area contributed by atoms with Gasteiger partial charge in [-0.15, -0.1) is 0 Å². The molecule has 2 aliphatic rings. The summed E-state index contributed by atoms with van der Waals surface area (Å²) in [5, 5.41) is 5.54. The summed E-state index contributed by atoms with van der Waals surface area (Å²) in [4.78, 5) is 14.9. The molecule has 1 atom stereocenters. The average molecular weight is 465 g/mol. The highest BCUT2D eigenvalue weighted by Gasteiger charge is 2.35. The Morgan fingerprint density at radius 3 is 3.03 bits per heavy atom. The van der Waals surface area contributed by atoms with E-state index in [9.17, 15) is 4.79 Å². The van der Waals surface area contributed by atoms with E-state index in [-0.39, 0.29) is 5.91 Å². The van der Waals surface area contributed by atoms with E-state index in [1.165, 1.54) is 34.1 Å². The molecule has 0 bridgehead atoms. The molecule has 2 aromatic carbocycles. The lowest BCUT2D eigenvalue weighted by molar-refractivity contribution is -0.123. The molecule has 30 heavy (non-hydrogen) atoms. The largest absolute Gasteiger partial charge is 0.342 e. The van der Waals surface area contributed by atoms with Gasteiger partial charge in [0.1, 0.15) is 0 Å². The van der Waals surface area contributed by atoms with Crippen molar-refractivity contribution in [3.05, 3.63) is 69.3 Å². The van der Waals surface area contributed by atoms with Gasteiger partial charge in [0.2, 0.25) is 0 Å². The van der Waals surface area contributed by atoms with Crippen LogP contribution in [0.1, 0.15) is 41.3 Å². The maximum absolute atomic E-state index is 12.6. The van der Waals surface area contributed by atoms with Gasteiger partial charge in [0, 0.05) is 34.2 Å². The molecule has 1 N–H and O–H groups in total. The van der Waals surface area contributed by atoms with E-state index < -0.39 is 0 Å². The smallest absolute Gasteiger partial charge is 0.254 e. The number of nitrogens with zero attached hydrogens (tertiary/aromatic N) is 3. The lowest BCUT2D eigenvalue weighted by Crippen LogP contribution is -2.44. The Morgan fingerprint density at radius 1 is 1.27 bits per heavy atom. The zero-order valence-electron chi connectivity index (χ0n) is 17.1. The predicted molar refractivity (Wildman–Crippen MR) is 124 cm³/mol. The number of fused-ring (bicyclic) bond motifs is 3. The van der Waals surface area contributed by atoms with Gasteiger partial charge in [-0.3, -0.25) is 9.69 Å². The van der Waals surface area contributed by atoms with Gasteiger partial charge in [-0.1, -0.05) is 39.7 Å². The summed E-state index contributed by atoms with van der Waals surface area (Å²) in [6.07, 6.45) is 5.09. The summed E-state index contributed by atoms with van der Waals surface area (Å²) in [6.45, 7) is 4.35. The van der Waals surface area contributed by atoms with Crippen molar-refractivity contribution in [2.75, 3.05) is 13.1 Å². The van der Waals surface area contributed by atoms with Crippen LogP contribution in [0.25, 0.3) is 10.9 Å². The Labute approximate surface area is 184 Å². The fraction of sp³-hybridized carbons (Fsp3) is 0.333. The third-order valence-electron chi connectivity index (χ3n) is 6.24. The highest BCUT2D eigenvalue weighted by Crippen LogP contribution is 2.42. The molecule has 1 amide bonds. The lowest BCUT2D eigenvalue weighted by Gasteiger charge is -2.39. The van der Waals surface area contributed by atoms with Gasteiger partial charge in [-0.25, -0.2) is 5.43 Å². The Bertz CT molecular complexity index is 1150. The molecular weight excluding hydrogens is 440 g/mol. The van der Waals surface area contributed by atoms with Gasteiger partial charge in [0.25, 0.3) is 5.91 Å². The predicted octanol–water partition coefficient (Wildman–Crippen LogP) is 4.56. The van der Waals surface area contributed by atoms with E-state index in [0.29, 0.717) is 12.6 Å². The second kappa shape index (κ2) is 8.00. The van der Waals surface area contributed by atoms with Crippen LogP contribution in [0.2, 0.25) is 0 Å². The number of rotatable bonds is 4. The fourth-order valence-electron chi connectivity index (χ4n) is 4.97. The highest BCUT2D eigenvalue weighted by atomic mass is 79.9. The van der Waals surface area contributed by atoms with Gasteiger partial charge in [-0.05, 0) is 61.6 Å². The Hall–Kier alpha value is -2.44. The van der Waals surface area contributed by atoms with Crippen molar-refractivity contribution in [3.8, 4) is 0 Å². The first-order valence-electron chi connectivity index (χ1n) is 10.5. The second-order valence-electron chi connectivity index (χ2n) is 8.26. The molecule has 0 spiro atoms. The third kappa shape index (κ3) is 3.59. The minimum atomic E-state index is -0.0613. The number of nitrogens with one attached hydrogen (secondary N) is 1. The molecule has 1 aliphatic carbocycles. The number of benzene rings is 2. The van der Waals surface area contributed by atoms with Crippen LogP contribution in [0.5, 0.6) is 0 Å². The molecule has 0 fully saturated rings. The molecule has 0 radical (unpaired) electrons. The van der Waals surface area contributed by atoms with E-state index in [1.54, 1.807) is 6.21 Å². The topological polar surface area (TPSA) is 49.6 Å². The third-order valence-corrected chi connectivity index (χ3v) is 6.73. The summed E-state index contributed by atoms with van der Waals surface area (Å²) in [5.74, 6) is -0.0613. The summed E-state index contributed by atoms with van der Waals surface area (Å²) < 4.78 is 3.48. The average Bonchev–Trinajstić information content (AvgIpc) is 3.05. The van der Waals surface area contributed by atoms with Crippen molar-refractivity contribution in [1.29, 1.82) is 0 Å². The number of halogens is 1. The van der Waals surface area contributed by atoms with Crippen LogP contribution in [-0.4, -0.2) is 34.7 Å². The minimum Gasteiger partial charge on any atom is -0.342 e. The molecule has 1 unspecified atom stereocenters. The SMILES string of the molecule is Cc1ccc2c(c1)c1c3n2CCN(CC(=O)N/N=C\c2cccc(Br)c2)C3CCC1. The van der Waals surface area contributed by atoms with Gasteiger partial charge >= 0.3 is 0 Å². The quantitative estimate of drug-likeness (QED) is 0.454. The minimum absolute atomic E-state index is 0.0613. The van der Waals surface area contributed by atoms with Crippen molar-refractivity contribution in [2.24, 2.45) is 5.10 Å². The number of carbonyl (C=O) groups excluding carboxylic acids is 1. The summed E-state index contributed by atoms with van der Waals surface area (Å²) in [5.41, 5.74) is 9.22. The number of amides is 1. The Kier molecular flexibility index (Phi) is 5.21. The molecule has 5 rings (SSSR count). The van der Waals surface area contributed by atoms with Gasteiger partial charge < -0.3 is 4.57 Å².